The topological polar surface area (TPSA) is 107 Å². The maximum Gasteiger partial charge on any atom is 0.264 e. The Kier molecular flexibility index (Phi) is 4.39. The molecular weight excluding hydrogens is 332 g/mol. The number of fused-ring (bicyclic) bond motifs is 1. The molecule has 1 atom stereocenters. The number of piperidine rings is 1. The molecule has 3 aromatic rings. The molecule has 8 nitrogen and oxygen atoms in total. The van der Waals surface area contributed by atoms with Crippen LogP contribution in [-0.4, -0.2) is 45.2 Å². The molecule has 3 N–H and O–H groups in total. The van der Waals surface area contributed by atoms with Crippen LogP contribution in [0.3, 0.4) is 0 Å². The molecule has 1 aliphatic heterocycles. The van der Waals surface area contributed by atoms with Gasteiger partial charge in [0.25, 0.3) is 11.5 Å². The highest BCUT2D eigenvalue weighted by molar-refractivity contribution is 6.05. The van der Waals surface area contributed by atoms with Gasteiger partial charge < -0.3 is 15.2 Å². The zero-order valence-electron chi connectivity index (χ0n) is 14.2. The second-order valence-electron chi connectivity index (χ2n) is 6.43. The molecule has 134 valence electrons. The number of nitrogens with zero attached hydrogens (tertiary/aromatic N) is 3. The lowest BCUT2D eigenvalue weighted by atomic mass is 10.0. The standard InChI is InChI=1S/C18H20N6O2/c25-16-7-6-15(22-23-16)24-9-2-1-4-12(24)10-21-18(26)14-11-20-17-13(14)5-3-8-19-17/h3,5-8,11-12H,1-2,4,9-10H2,(H,19,20)(H,21,26)(H,23,25). The van der Waals surface area contributed by atoms with Crippen molar-refractivity contribution in [1.29, 1.82) is 0 Å². The van der Waals surface area contributed by atoms with Crippen molar-refractivity contribution in [2.75, 3.05) is 18.0 Å². The van der Waals surface area contributed by atoms with Crippen molar-refractivity contribution >= 4 is 22.8 Å². The Bertz CT molecular complexity index is 958. The van der Waals surface area contributed by atoms with Gasteiger partial charge in [0, 0.05) is 43.0 Å². The fourth-order valence-corrected chi connectivity index (χ4v) is 3.46. The number of pyridine rings is 1. The van der Waals surface area contributed by atoms with Crippen molar-refractivity contribution in [1.82, 2.24) is 25.5 Å². The van der Waals surface area contributed by atoms with Crippen LogP contribution in [0.15, 0.2) is 41.5 Å². The minimum Gasteiger partial charge on any atom is -0.350 e. The Hall–Kier alpha value is -3.16. The number of hydrogen-bond donors (Lipinski definition) is 3. The molecule has 3 aromatic heterocycles. The van der Waals surface area contributed by atoms with Gasteiger partial charge in [0.2, 0.25) is 0 Å². The van der Waals surface area contributed by atoms with E-state index in [0.29, 0.717) is 17.8 Å². The third kappa shape index (κ3) is 3.17. The molecular formula is C18H20N6O2. The molecule has 1 saturated heterocycles. The first kappa shape index (κ1) is 16.3. The van der Waals surface area contributed by atoms with Crippen LogP contribution in [0.4, 0.5) is 5.82 Å². The van der Waals surface area contributed by atoms with Crippen molar-refractivity contribution in [3.05, 3.63) is 52.6 Å². The van der Waals surface area contributed by atoms with Crippen LogP contribution in [-0.2, 0) is 0 Å². The van der Waals surface area contributed by atoms with Crippen molar-refractivity contribution in [3.63, 3.8) is 0 Å². The number of H-pyrrole nitrogens is 2. The monoisotopic (exact) mass is 352 g/mol. The quantitative estimate of drug-likeness (QED) is 0.659. The molecule has 1 fully saturated rings. The smallest absolute Gasteiger partial charge is 0.264 e. The van der Waals surface area contributed by atoms with E-state index in [2.05, 4.69) is 30.4 Å². The lowest BCUT2D eigenvalue weighted by Crippen LogP contribution is -2.47. The number of aromatic amines is 2. The van der Waals surface area contributed by atoms with Gasteiger partial charge in [-0.05, 0) is 37.5 Å². The van der Waals surface area contributed by atoms with Gasteiger partial charge in [0.05, 0.1) is 5.56 Å². The van der Waals surface area contributed by atoms with Gasteiger partial charge in [-0.25, -0.2) is 10.1 Å². The number of carbonyl (C=O) groups excluding carboxylic acids is 1. The summed E-state index contributed by atoms with van der Waals surface area (Å²) < 4.78 is 0. The summed E-state index contributed by atoms with van der Waals surface area (Å²) in [7, 11) is 0. The highest BCUT2D eigenvalue weighted by Crippen LogP contribution is 2.22. The number of aromatic nitrogens is 4. The molecule has 1 aliphatic rings. The summed E-state index contributed by atoms with van der Waals surface area (Å²) in [6, 6.07) is 7.05. The van der Waals surface area contributed by atoms with Crippen molar-refractivity contribution in [2.45, 2.75) is 25.3 Å². The van der Waals surface area contributed by atoms with E-state index in [1.54, 1.807) is 18.5 Å². The lowest BCUT2D eigenvalue weighted by Gasteiger charge is -2.36. The highest BCUT2D eigenvalue weighted by atomic mass is 16.1. The molecule has 0 aromatic carbocycles. The maximum absolute atomic E-state index is 12.6. The first-order chi connectivity index (χ1) is 12.7. The normalized spacial score (nSPS) is 17.4. The number of carbonyl (C=O) groups is 1. The number of anilines is 1. The summed E-state index contributed by atoms with van der Waals surface area (Å²) in [5.74, 6) is 0.615. The van der Waals surface area contributed by atoms with Gasteiger partial charge in [-0.15, -0.1) is 0 Å². The van der Waals surface area contributed by atoms with Gasteiger partial charge in [-0.1, -0.05) is 0 Å². The number of hydrogen-bond acceptors (Lipinski definition) is 5. The average molecular weight is 352 g/mol. The molecule has 4 rings (SSSR count). The van der Waals surface area contributed by atoms with Crippen LogP contribution in [0.25, 0.3) is 11.0 Å². The minimum atomic E-state index is -0.219. The minimum absolute atomic E-state index is 0.121. The number of amides is 1. The van der Waals surface area contributed by atoms with Crippen molar-refractivity contribution in [3.8, 4) is 0 Å². The Balaban J connectivity index is 1.47. The van der Waals surface area contributed by atoms with E-state index in [4.69, 9.17) is 0 Å². The predicted octanol–water partition coefficient (Wildman–Crippen LogP) is 1.44. The van der Waals surface area contributed by atoms with E-state index in [0.717, 1.165) is 37.0 Å². The van der Waals surface area contributed by atoms with Crippen molar-refractivity contribution in [2.24, 2.45) is 0 Å². The molecule has 4 heterocycles. The number of nitrogens with one attached hydrogen (secondary N) is 3. The molecule has 0 saturated carbocycles. The highest BCUT2D eigenvalue weighted by Gasteiger charge is 2.24. The average Bonchev–Trinajstić information content (AvgIpc) is 3.11. The van der Waals surface area contributed by atoms with Crippen LogP contribution in [0.1, 0.15) is 29.6 Å². The van der Waals surface area contributed by atoms with E-state index in [1.165, 1.54) is 6.07 Å². The maximum atomic E-state index is 12.6. The van der Waals surface area contributed by atoms with Gasteiger partial charge in [0.15, 0.2) is 0 Å². The van der Waals surface area contributed by atoms with Gasteiger partial charge in [-0.2, -0.15) is 5.10 Å². The number of rotatable bonds is 4. The fourth-order valence-electron chi connectivity index (χ4n) is 3.46. The Morgan fingerprint density at radius 3 is 3.08 bits per heavy atom. The van der Waals surface area contributed by atoms with Gasteiger partial charge in [-0.3, -0.25) is 9.59 Å². The third-order valence-electron chi connectivity index (χ3n) is 4.78. The summed E-state index contributed by atoms with van der Waals surface area (Å²) in [6.07, 6.45) is 6.53. The van der Waals surface area contributed by atoms with Crippen molar-refractivity contribution < 1.29 is 4.79 Å². The van der Waals surface area contributed by atoms with E-state index < -0.39 is 0 Å². The second kappa shape index (κ2) is 6.99. The van der Waals surface area contributed by atoms with Crippen LogP contribution in [0.5, 0.6) is 0 Å². The van der Waals surface area contributed by atoms with Crippen LogP contribution < -0.4 is 15.8 Å². The van der Waals surface area contributed by atoms with E-state index in [9.17, 15) is 9.59 Å². The molecule has 0 radical (unpaired) electrons. The molecule has 8 heteroatoms. The summed E-state index contributed by atoms with van der Waals surface area (Å²) in [5.41, 5.74) is 1.08. The second-order valence-corrected chi connectivity index (χ2v) is 6.43. The molecule has 0 aliphatic carbocycles. The molecule has 1 amide bonds. The summed E-state index contributed by atoms with van der Waals surface area (Å²) in [6.45, 7) is 1.38. The molecule has 0 bridgehead atoms. The Morgan fingerprint density at radius 1 is 1.31 bits per heavy atom. The van der Waals surface area contributed by atoms with Crippen LogP contribution in [0.2, 0.25) is 0 Å². The summed E-state index contributed by atoms with van der Waals surface area (Å²) >= 11 is 0. The third-order valence-corrected chi connectivity index (χ3v) is 4.78. The fraction of sp³-hybridized carbons (Fsp3) is 0.333. The van der Waals surface area contributed by atoms with E-state index >= 15 is 0 Å². The Labute approximate surface area is 149 Å². The largest absolute Gasteiger partial charge is 0.350 e. The van der Waals surface area contributed by atoms with Crippen LogP contribution >= 0.6 is 0 Å². The zero-order chi connectivity index (χ0) is 17.9. The van der Waals surface area contributed by atoms with Crippen LogP contribution in [0, 0.1) is 0 Å². The van der Waals surface area contributed by atoms with Gasteiger partial charge >= 0.3 is 0 Å². The van der Waals surface area contributed by atoms with E-state index in [1.807, 2.05) is 12.1 Å². The predicted molar refractivity (Wildman–Crippen MR) is 98.3 cm³/mol. The summed E-state index contributed by atoms with van der Waals surface area (Å²) in [4.78, 5) is 33.2. The first-order valence-electron chi connectivity index (χ1n) is 8.75. The van der Waals surface area contributed by atoms with Gasteiger partial charge in [0.1, 0.15) is 11.5 Å². The summed E-state index contributed by atoms with van der Waals surface area (Å²) in [5, 5.41) is 10.5. The SMILES string of the molecule is O=C(NCC1CCCCN1c1ccc(=O)[nH]n1)c1c[nH]c2ncccc12. The lowest BCUT2D eigenvalue weighted by molar-refractivity contribution is 0.0951. The Morgan fingerprint density at radius 2 is 2.23 bits per heavy atom. The van der Waals surface area contributed by atoms with E-state index in [-0.39, 0.29) is 17.5 Å². The zero-order valence-corrected chi connectivity index (χ0v) is 14.2. The molecule has 1 unspecified atom stereocenters. The molecule has 0 spiro atoms. The first-order valence-corrected chi connectivity index (χ1v) is 8.75. The molecule has 26 heavy (non-hydrogen) atoms.